The van der Waals surface area contributed by atoms with Gasteiger partial charge < -0.3 is 14.4 Å². The number of rotatable bonds is 6. The van der Waals surface area contributed by atoms with E-state index in [0.29, 0.717) is 24.3 Å². The Labute approximate surface area is 209 Å². The number of piperidine rings is 1. The van der Waals surface area contributed by atoms with Crippen molar-refractivity contribution in [2.75, 3.05) is 39.5 Å². The molecule has 1 aromatic rings. The molecule has 2 fully saturated rings. The molecule has 1 N–H and O–H groups in total. The summed E-state index contributed by atoms with van der Waals surface area (Å²) >= 11 is 6.81. The molecule has 35 heavy (non-hydrogen) atoms. The normalized spacial score (nSPS) is 29.1. The lowest BCUT2D eigenvalue weighted by atomic mass is 9.81. The lowest BCUT2D eigenvalue weighted by molar-refractivity contribution is -0.136. The van der Waals surface area contributed by atoms with E-state index in [1.54, 1.807) is 12.1 Å². The number of carbonyl (C=O) groups is 3. The van der Waals surface area contributed by atoms with Crippen LogP contribution in [0.1, 0.15) is 35.7 Å². The van der Waals surface area contributed by atoms with E-state index >= 15 is 0 Å². The van der Waals surface area contributed by atoms with Gasteiger partial charge in [0.15, 0.2) is 0 Å². The lowest BCUT2D eigenvalue weighted by Gasteiger charge is -2.39. The van der Waals surface area contributed by atoms with Crippen molar-refractivity contribution in [1.82, 2.24) is 15.1 Å². The third kappa shape index (κ3) is 4.87. The summed E-state index contributed by atoms with van der Waals surface area (Å²) in [6.07, 6.45) is 6.85. The van der Waals surface area contributed by atoms with E-state index in [2.05, 4.69) is 29.3 Å². The zero-order valence-corrected chi connectivity index (χ0v) is 20.6. The van der Waals surface area contributed by atoms with Crippen molar-refractivity contribution in [1.29, 1.82) is 0 Å². The number of halogens is 1. The van der Waals surface area contributed by atoms with Gasteiger partial charge in [0.1, 0.15) is 18.4 Å². The summed E-state index contributed by atoms with van der Waals surface area (Å²) < 4.78 is 11.6. The number of benzene rings is 1. The molecule has 186 valence electrons. The number of fused-ring (bicyclic) bond motifs is 1. The highest BCUT2D eigenvalue weighted by Crippen LogP contribution is 2.36. The summed E-state index contributed by atoms with van der Waals surface area (Å²) in [6, 6.07) is 4.73. The zero-order valence-electron chi connectivity index (χ0n) is 19.8. The standard InChI is InChI=1S/C26H30ClN3O5/c1-26(16-29-9-11-34-12-10-29)8-7-17(13-22(26)27)15-35-21-4-2-3-18-19(21)14-30(25(18)33)20-5-6-23(31)28-24(20)32/h2-4,7-8,13,20,22H,5-6,9-12,14-16H2,1H3,(H,28,31,32). The highest BCUT2D eigenvalue weighted by molar-refractivity contribution is 6.22. The lowest BCUT2D eigenvalue weighted by Crippen LogP contribution is -2.52. The maximum absolute atomic E-state index is 13.0. The Morgan fingerprint density at radius 2 is 2.03 bits per heavy atom. The van der Waals surface area contributed by atoms with Gasteiger partial charge in [-0.3, -0.25) is 24.6 Å². The van der Waals surface area contributed by atoms with Crippen LogP contribution in [-0.4, -0.2) is 78.4 Å². The molecule has 4 aliphatic rings. The number of amides is 3. The van der Waals surface area contributed by atoms with Gasteiger partial charge >= 0.3 is 0 Å². The van der Waals surface area contributed by atoms with E-state index in [9.17, 15) is 14.4 Å². The smallest absolute Gasteiger partial charge is 0.255 e. The maximum atomic E-state index is 13.0. The molecule has 2 saturated heterocycles. The van der Waals surface area contributed by atoms with Crippen molar-refractivity contribution in [3.05, 3.63) is 53.1 Å². The van der Waals surface area contributed by atoms with Crippen LogP contribution in [0.3, 0.4) is 0 Å². The Balaban J connectivity index is 1.24. The molecule has 3 atom stereocenters. The molecule has 1 aliphatic carbocycles. The molecule has 5 rings (SSSR count). The first-order valence-corrected chi connectivity index (χ1v) is 12.5. The first kappa shape index (κ1) is 24.0. The van der Waals surface area contributed by atoms with Crippen LogP contribution in [0.4, 0.5) is 0 Å². The fraction of sp³-hybridized carbons (Fsp3) is 0.500. The van der Waals surface area contributed by atoms with Gasteiger partial charge in [0, 0.05) is 42.6 Å². The molecule has 3 heterocycles. The number of hydrogen-bond donors (Lipinski definition) is 1. The number of allylic oxidation sites excluding steroid dienone is 1. The summed E-state index contributed by atoms with van der Waals surface area (Å²) in [7, 11) is 0. The van der Waals surface area contributed by atoms with Crippen molar-refractivity contribution in [2.45, 2.75) is 37.7 Å². The van der Waals surface area contributed by atoms with E-state index in [0.717, 1.165) is 44.0 Å². The van der Waals surface area contributed by atoms with E-state index < -0.39 is 11.9 Å². The second kappa shape index (κ2) is 9.76. The molecule has 3 unspecified atom stereocenters. The Kier molecular flexibility index (Phi) is 6.70. The predicted molar refractivity (Wildman–Crippen MR) is 130 cm³/mol. The molecule has 0 radical (unpaired) electrons. The second-order valence-electron chi connectivity index (χ2n) is 9.84. The second-order valence-corrected chi connectivity index (χ2v) is 10.3. The largest absolute Gasteiger partial charge is 0.489 e. The summed E-state index contributed by atoms with van der Waals surface area (Å²) in [5.74, 6) is -0.313. The first-order valence-electron chi connectivity index (χ1n) is 12.1. The Hall–Kier alpha value is -2.68. The molecule has 0 aromatic heterocycles. The zero-order chi connectivity index (χ0) is 24.6. The summed E-state index contributed by atoms with van der Waals surface area (Å²) in [4.78, 5) is 40.8. The minimum Gasteiger partial charge on any atom is -0.489 e. The molecule has 0 saturated carbocycles. The number of morpholine rings is 1. The Bertz CT molecular complexity index is 1100. The van der Waals surface area contributed by atoms with Gasteiger partial charge in [0.05, 0.1) is 25.1 Å². The summed E-state index contributed by atoms with van der Waals surface area (Å²) in [6.45, 7) is 7.00. The Morgan fingerprint density at radius 1 is 1.23 bits per heavy atom. The van der Waals surface area contributed by atoms with E-state index in [1.807, 2.05) is 12.1 Å². The van der Waals surface area contributed by atoms with Gasteiger partial charge in [-0.25, -0.2) is 0 Å². The van der Waals surface area contributed by atoms with Crippen LogP contribution in [0.2, 0.25) is 0 Å². The fourth-order valence-corrected chi connectivity index (χ4v) is 5.46. The van der Waals surface area contributed by atoms with Gasteiger partial charge in [-0.15, -0.1) is 11.6 Å². The molecule has 3 aliphatic heterocycles. The molecule has 3 amide bonds. The van der Waals surface area contributed by atoms with Crippen molar-refractivity contribution in [3.63, 3.8) is 0 Å². The van der Waals surface area contributed by atoms with Gasteiger partial charge in [-0.2, -0.15) is 0 Å². The molecular weight excluding hydrogens is 470 g/mol. The van der Waals surface area contributed by atoms with Crippen LogP contribution in [0.15, 0.2) is 42.0 Å². The first-order chi connectivity index (χ1) is 16.8. The van der Waals surface area contributed by atoms with Crippen molar-refractivity contribution in [2.24, 2.45) is 5.41 Å². The van der Waals surface area contributed by atoms with Gasteiger partial charge in [-0.1, -0.05) is 31.2 Å². The third-order valence-corrected chi connectivity index (χ3v) is 7.89. The predicted octanol–water partition coefficient (Wildman–Crippen LogP) is 2.27. The highest BCUT2D eigenvalue weighted by atomic mass is 35.5. The van der Waals surface area contributed by atoms with Crippen LogP contribution < -0.4 is 10.1 Å². The Morgan fingerprint density at radius 3 is 2.77 bits per heavy atom. The van der Waals surface area contributed by atoms with Gasteiger partial charge in [0.2, 0.25) is 11.8 Å². The molecule has 8 nitrogen and oxygen atoms in total. The number of carbonyl (C=O) groups excluding carboxylic acids is 3. The van der Waals surface area contributed by atoms with E-state index in [1.165, 1.54) is 4.90 Å². The average Bonchev–Trinajstić information content (AvgIpc) is 3.17. The van der Waals surface area contributed by atoms with Crippen LogP contribution in [0.25, 0.3) is 0 Å². The molecule has 0 spiro atoms. The van der Waals surface area contributed by atoms with Crippen molar-refractivity contribution < 1.29 is 23.9 Å². The molecular formula is C26H30ClN3O5. The van der Waals surface area contributed by atoms with E-state index in [-0.39, 0.29) is 35.6 Å². The van der Waals surface area contributed by atoms with Crippen LogP contribution >= 0.6 is 11.6 Å². The number of ether oxygens (including phenoxy) is 2. The van der Waals surface area contributed by atoms with Crippen LogP contribution in [0.5, 0.6) is 5.75 Å². The van der Waals surface area contributed by atoms with Crippen molar-refractivity contribution >= 4 is 29.3 Å². The number of nitrogens with one attached hydrogen (secondary N) is 1. The van der Waals surface area contributed by atoms with Gasteiger partial charge in [-0.05, 0) is 24.1 Å². The van der Waals surface area contributed by atoms with E-state index in [4.69, 9.17) is 21.1 Å². The third-order valence-electron chi connectivity index (χ3n) is 7.27. The average molecular weight is 500 g/mol. The highest BCUT2D eigenvalue weighted by Gasteiger charge is 2.40. The monoisotopic (exact) mass is 499 g/mol. The van der Waals surface area contributed by atoms with Crippen LogP contribution in [0, 0.1) is 5.41 Å². The SMILES string of the molecule is CC1(CN2CCOCC2)C=CC(COc2cccc3c2CN(C2CCC(=O)NC2=O)C3=O)=CC1Cl. The number of hydrogen-bond acceptors (Lipinski definition) is 6. The fourth-order valence-electron chi connectivity index (χ4n) is 5.15. The summed E-state index contributed by atoms with van der Waals surface area (Å²) in [5.41, 5.74) is 2.11. The maximum Gasteiger partial charge on any atom is 0.255 e. The van der Waals surface area contributed by atoms with Crippen LogP contribution in [-0.2, 0) is 20.9 Å². The number of imide groups is 1. The molecule has 1 aromatic carbocycles. The minimum absolute atomic E-state index is 0.167. The molecule has 9 heteroatoms. The minimum atomic E-state index is -0.648. The summed E-state index contributed by atoms with van der Waals surface area (Å²) in [5, 5.41) is 2.17. The number of alkyl halides is 1. The topological polar surface area (TPSA) is 88.2 Å². The quantitative estimate of drug-likeness (QED) is 0.477. The van der Waals surface area contributed by atoms with Crippen molar-refractivity contribution in [3.8, 4) is 5.75 Å². The number of nitrogens with zero attached hydrogens (tertiary/aromatic N) is 2. The molecule has 0 bridgehead atoms. The van der Waals surface area contributed by atoms with Gasteiger partial charge in [0.25, 0.3) is 5.91 Å².